The fourth-order valence-electron chi connectivity index (χ4n) is 3.29. The van der Waals surface area contributed by atoms with Gasteiger partial charge in [-0.15, -0.1) is 0 Å². The lowest BCUT2D eigenvalue weighted by atomic mass is 9.84. The van der Waals surface area contributed by atoms with Crippen LogP contribution in [0.15, 0.2) is 24.3 Å². The van der Waals surface area contributed by atoms with Crippen molar-refractivity contribution in [3.63, 3.8) is 0 Å². The Hall–Kier alpha value is -1.19. The highest BCUT2D eigenvalue weighted by atomic mass is 16.7. The summed E-state index contributed by atoms with van der Waals surface area (Å²) in [4.78, 5) is 12.4. The lowest BCUT2D eigenvalue weighted by Crippen LogP contribution is -2.17. The molecule has 21 heavy (non-hydrogen) atoms. The van der Waals surface area contributed by atoms with Gasteiger partial charge in [0.1, 0.15) is 0 Å². The summed E-state index contributed by atoms with van der Waals surface area (Å²) in [6, 6.07) is 8.13. The Kier molecular flexibility index (Phi) is 5.04. The first-order valence-electron chi connectivity index (χ1n) is 8.19. The van der Waals surface area contributed by atoms with Crippen LogP contribution in [-0.2, 0) is 15.9 Å². The fourth-order valence-corrected chi connectivity index (χ4v) is 3.29. The number of hydrogen-bond acceptors (Lipinski definition) is 3. The molecule has 0 unspecified atom stereocenters. The summed E-state index contributed by atoms with van der Waals surface area (Å²) < 4.78 is 10.9. The molecule has 0 amide bonds. The van der Waals surface area contributed by atoms with Gasteiger partial charge in [0, 0.05) is 17.9 Å². The van der Waals surface area contributed by atoms with Gasteiger partial charge in [0.15, 0.2) is 12.1 Å². The van der Waals surface area contributed by atoms with Crippen molar-refractivity contribution in [1.29, 1.82) is 0 Å². The molecule has 1 saturated carbocycles. The van der Waals surface area contributed by atoms with Crippen molar-refractivity contribution in [1.82, 2.24) is 0 Å². The Morgan fingerprint density at radius 3 is 2.33 bits per heavy atom. The Morgan fingerprint density at radius 1 is 1.00 bits per heavy atom. The van der Waals surface area contributed by atoms with Gasteiger partial charge in [-0.3, -0.25) is 4.79 Å². The summed E-state index contributed by atoms with van der Waals surface area (Å²) in [6.45, 7) is 1.42. The molecule has 0 radical (unpaired) electrons. The van der Waals surface area contributed by atoms with E-state index in [0.29, 0.717) is 19.0 Å². The van der Waals surface area contributed by atoms with E-state index in [1.807, 2.05) is 12.1 Å². The number of Topliss-reactive ketones (excluding diaryl/α,β-unsaturated/α-hetero) is 1. The van der Waals surface area contributed by atoms with Crippen LogP contribution in [0.5, 0.6) is 0 Å². The molecular formula is C18H24O3. The lowest BCUT2D eigenvalue weighted by Gasteiger charge is -2.20. The van der Waals surface area contributed by atoms with Gasteiger partial charge in [-0.05, 0) is 24.8 Å². The molecule has 1 aliphatic heterocycles. The van der Waals surface area contributed by atoms with Crippen LogP contribution in [0.1, 0.15) is 54.4 Å². The van der Waals surface area contributed by atoms with Crippen LogP contribution >= 0.6 is 0 Å². The Bertz CT molecular complexity index is 454. The molecule has 3 nitrogen and oxygen atoms in total. The van der Waals surface area contributed by atoms with Crippen LogP contribution in [0, 0.1) is 5.92 Å². The number of carbonyl (C=O) groups is 1. The van der Waals surface area contributed by atoms with E-state index in [9.17, 15) is 4.79 Å². The van der Waals surface area contributed by atoms with Gasteiger partial charge in [-0.25, -0.2) is 0 Å². The molecule has 1 aromatic rings. The predicted octanol–water partition coefficient (Wildman–Crippen LogP) is 3.76. The second-order valence-corrected chi connectivity index (χ2v) is 6.11. The number of hydrogen-bond donors (Lipinski definition) is 0. The topological polar surface area (TPSA) is 35.5 Å². The van der Waals surface area contributed by atoms with Crippen molar-refractivity contribution in [2.45, 2.75) is 51.2 Å². The van der Waals surface area contributed by atoms with Crippen LogP contribution in [0.2, 0.25) is 0 Å². The number of ketones is 1. The van der Waals surface area contributed by atoms with Crippen molar-refractivity contribution in [3.05, 3.63) is 35.4 Å². The van der Waals surface area contributed by atoms with Gasteiger partial charge in [0.25, 0.3) is 0 Å². The van der Waals surface area contributed by atoms with Gasteiger partial charge in [0.2, 0.25) is 0 Å². The maximum absolute atomic E-state index is 12.4. The molecule has 0 spiro atoms. The van der Waals surface area contributed by atoms with Gasteiger partial charge in [0.05, 0.1) is 13.2 Å². The molecule has 0 N–H and O–H groups in total. The van der Waals surface area contributed by atoms with E-state index in [2.05, 4.69) is 12.1 Å². The molecule has 0 aromatic heterocycles. The Labute approximate surface area is 126 Å². The summed E-state index contributed by atoms with van der Waals surface area (Å²) in [7, 11) is 0. The largest absolute Gasteiger partial charge is 0.350 e. The zero-order chi connectivity index (χ0) is 14.5. The van der Waals surface area contributed by atoms with Crippen molar-refractivity contribution in [2.75, 3.05) is 13.2 Å². The van der Waals surface area contributed by atoms with Gasteiger partial charge in [-0.2, -0.15) is 0 Å². The van der Waals surface area contributed by atoms with E-state index in [1.54, 1.807) is 0 Å². The summed E-state index contributed by atoms with van der Waals surface area (Å²) in [5.41, 5.74) is 2.12. The molecule has 1 aromatic carbocycles. The number of aryl methyl sites for hydroxylation is 1. The third-order valence-electron chi connectivity index (χ3n) is 4.57. The average molecular weight is 288 g/mol. The van der Waals surface area contributed by atoms with Crippen molar-refractivity contribution >= 4 is 5.78 Å². The van der Waals surface area contributed by atoms with E-state index < -0.39 is 0 Å². The Balaban J connectivity index is 1.54. The monoisotopic (exact) mass is 288 g/mol. The normalized spacial score (nSPS) is 20.8. The highest BCUT2D eigenvalue weighted by Gasteiger charge is 2.22. The van der Waals surface area contributed by atoms with E-state index in [0.717, 1.165) is 31.2 Å². The minimum atomic E-state index is -0.0476. The fraction of sp³-hybridized carbons (Fsp3) is 0.611. The molecule has 3 rings (SSSR count). The predicted molar refractivity (Wildman–Crippen MR) is 81.4 cm³/mol. The van der Waals surface area contributed by atoms with Crippen LogP contribution in [-0.4, -0.2) is 25.3 Å². The smallest absolute Gasteiger partial charge is 0.165 e. The van der Waals surface area contributed by atoms with Crippen molar-refractivity contribution < 1.29 is 14.3 Å². The summed E-state index contributed by atoms with van der Waals surface area (Å²) in [6.07, 6.45) is 7.60. The molecule has 0 atom stereocenters. The quantitative estimate of drug-likeness (QED) is 0.774. The minimum Gasteiger partial charge on any atom is -0.350 e. The molecule has 1 saturated heterocycles. The third-order valence-corrected chi connectivity index (χ3v) is 4.57. The number of ether oxygens (including phenoxy) is 2. The SMILES string of the molecule is O=C(c1ccc(CCC2OCCO2)cc1)C1CCCCC1. The van der Waals surface area contributed by atoms with Crippen molar-refractivity contribution in [2.24, 2.45) is 5.92 Å². The van der Waals surface area contributed by atoms with Gasteiger partial charge < -0.3 is 9.47 Å². The molecule has 3 heteroatoms. The zero-order valence-corrected chi connectivity index (χ0v) is 12.6. The van der Waals surface area contributed by atoms with E-state index in [1.165, 1.54) is 24.8 Å². The zero-order valence-electron chi connectivity index (χ0n) is 12.6. The highest BCUT2D eigenvalue weighted by Crippen LogP contribution is 2.27. The van der Waals surface area contributed by atoms with Gasteiger partial charge in [-0.1, -0.05) is 43.5 Å². The first-order chi connectivity index (χ1) is 10.3. The van der Waals surface area contributed by atoms with Gasteiger partial charge >= 0.3 is 0 Å². The average Bonchev–Trinajstić information content (AvgIpc) is 3.07. The third kappa shape index (κ3) is 3.92. The summed E-state index contributed by atoms with van der Waals surface area (Å²) in [5, 5.41) is 0. The molecule has 1 aliphatic carbocycles. The molecule has 0 bridgehead atoms. The molecule has 2 aliphatic rings. The second-order valence-electron chi connectivity index (χ2n) is 6.11. The highest BCUT2D eigenvalue weighted by molar-refractivity contribution is 5.97. The lowest BCUT2D eigenvalue weighted by molar-refractivity contribution is -0.0462. The number of carbonyl (C=O) groups excluding carboxylic acids is 1. The number of benzene rings is 1. The van der Waals surface area contributed by atoms with Crippen LogP contribution in [0.4, 0.5) is 0 Å². The number of rotatable bonds is 5. The van der Waals surface area contributed by atoms with Crippen LogP contribution < -0.4 is 0 Å². The van der Waals surface area contributed by atoms with Crippen LogP contribution in [0.3, 0.4) is 0 Å². The molecule has 1 heterocycles. The first kappa shape index (κ1) is 14.7. The Morgan fingerprint density at radius 2 is 1.67 bits per heavy atom. The maximum Gasteiger partial charge on any atom is 0.165 e. The summed E-state index contributed by atoms with van der Waals surface area (Å²) >= 11 is 0. The van der Waals surface area contributed by atoms with E-state index in [-0.39, 0.29) is 12.2 Å². The standard InChI is InChI=1S/C18H24O3/c19-18(15-4-2-1-3-5-15)16-9-6-14(7-10-16)8-11-17-20-12-13-21-17/h6-7,9-10,15,17H,1-5,8,11-13H2. The van der Waals surface area contributed by atoms with E-state index in [4.69, 9.17) is 9.47 Å². The molecular weight excluding hydrogens is 264 g/mol. The second kappa shape index (κ2) is 7.19. The van der Waals surface area contributed by atoms with Crippen molar-refractivity contribution in [3.8, 4) is 0 Å². The van der Waals surface area contributed by atoms with Crippen LogP contribution in [0.25, 0.3) is 0 Å². The summed E-state index contributed by atoms with van der Waals surface area (Å²) in [5.74, 6) is 0.591. The minimum absolute atomic E-state index is 0.0476. The maximum atomic E-state index is 12.4. The molecule has 2 fully saturated rings. The molecule has 114 valence electrons. The van der Waals surface area contributed by atoms with E-state index >= 15 is 0 Å². The first-order valence-corrected chi connectivity index (χ1v) is 8.19.